The third-order valence-corrected chi connectivity index (χ3v) is 1.98. The average molecular weight is 204 g/mol. The zero-order valence-corrected chi connectivity index (χ0v) is 7.81. The Morgan fingerprint density at radius 2 is 1.87 bits per heavy atom. The highest BCUT2D eigenvalue weighted by molar-refractivity contribution is 5.74. The molecule has 0 radical (unpaired) electrons. The number of nitrogens with zero attached hydrogens (tertiary/aromatic N) is 2. The quantitative estimate of drug-likeness (QED) is 0.689. The molecule has 0 unspecified atom stereocenters. The summed E-state index contributed by atoms with van der Waals surface area (Å²) in [4.78, 5) is 7.44. The van der Waals surface area contributed by atoms with Crippen molar-refractivity contribution >= 4 is 11.6 Å². The molecule has 0 aromatic carbocycles. The predicted molar refractivity (Wildman–Crippen MR) is 56.3 cm³/mol. The number of anilines is 2. The Bertz CT molecular complexity index is 481. The summed E-state index contributed by atoms with van der Waals surface area (Å²) in [5, 5.41) is 0. The van der Waals surface area contributed by atoms with Crippen molar-refractivity contribution in [1.82, 2.24) is 9.97 Å². The van der Waals surface area contributed by atoms with Crippen molar-refractivity contribution < 1.29 is 4.39 Å². The van der Waals surface area contributed by atoms with Crippen molar-refractivity contribution in [2.24, 2.45) is 0 Å². The van der Waals surface area contributed by atoms with E-state index in [1.807, 2.05) is 0 Å². The van der Waals surface area contributed by atoms with Crippen LogP contribution in [-0.2, 0) is 0 Å². The van der Waals surface area contributed by atoms with Crippen LogP contribution in [0.25, 0.3) is 11.1 Å². The molecule has 0 aliphatic heterocycles. The summed E-state index contributed by atoms with van der Waals surface area (Å²) in [6.45, 7) is 0. The Hall–Kier alpha value is -2.17. The molecule has 5 heteroatoms. The average Bonchev–Trinajstić information content (AvgIpc) is 2.20. The molecule has 2 rings (SSSR count). The van der Waals surface area contributed by atoms with Gasteiger partial charge in [-0.25, -0.2) is 9.97 Å². The van der Waals surface area contributed by atoms with E-state index in [2.05, 4.69) is 9.97 Å². The van der Waals surface area contributed by atoms with Gasteiger partial charge in [-0.05, 0) is 24.3 Å². The van der Waals surface area contributed by atoms with Crippen LogP contribution in [-0.4, -0.2) is 9.97 Å². The van der Waals surface area contributed by atoms with Gasteiger partial charge in [0.25, 0.3) is 0 Å². The molecule has 0 atom stereocenters. The van der Waals surface area contributed by atoms with Crippen LogP contribution >= 0.6 is 0 Å². The number of hydrogen-bond donors (Lipinski definition) is 2. The first-order chi connectivity index (χ1) is 7.16. The number of halogens is 1. The van der Waals surface area contributed by atoms with E-state index in [-0.39, 0.29) is 0 Å². The highest BCUT2D eigenvalue weighted by Crippen LogP contribution is 2.24. The number of nitrogen functional groups attached to an aromatic ring is 2. The van der Waals surface area contributed by atoms with Crippen LogP contribution in [0.4, 0.5) is 16.0 Å². The SMILES string of the molecule is Nc1ccc(-c2ccc(F)nc2)c(N)n1. The third-order valence-electron chi connectivity index (χ3n) is 1.98. The van der Waals surface area contributed by atoms with Crippen LogP contribution in [0.2, 0.25) is 0 Å². The van der Waals surface area contributed by atoms with Gasteiger partial charge in [0.15, 0.2) is 0 Å². The molecule has 0 saturated carbocycles. The van der Waals surface area contributed by atoms with E-state index < -0.39 is 5.95 Å². The van der Waals surface area contributed by atoms with Gasteiger partial charge in [0.1, 0.15) is 11.6 Å². The minimum atomic E-state index is -0.527. The minimum Gasteiger partial charge on any atom is -0.384 e. The van der Waals surface area contributed by atoms with Crippen LogP contribution in [0.5, 0.6) is 0 Å². The maximum absolute atomic E-state index is 12.6. The van der Waals surface area contributed by atoms with Crippen molar-refractivity contribution in [3.05, 3.63) is 36.4 Å². The van der Waals surface area contributed by atoms with Gasteiger partial charge in [-0.3, -0.25) is 0 Å². The number of pyridine rings is 2. The maximum atomic E-state index is 12.6. The summed E-state index contributed by atoms with van der Waals surface area (Å²) in [7, 11) is 0. The highest BCUT2D eigenvalue weighted by Gasteiger charge is 2.04. The standard InChI is InChI=1S/C10H9FN4/c11-8-3-1-6(5-14-8)7-2-4-9(12)15-10(7)13/h1-5H,(H4,12,13,15). The molecule has 0 aliphatic rings. The van der Waals surface area contributed by atoms with Gasteiger partial charge in [0, 0.05) is 17.3 Å². The molecule has 2 aromatic heterocycles. The van der Waals surface area contributed by atoms with E-state index in [9.17, 15) is 4.39 Å². The Balaban J connectivity index is 2.49. The summed E-state index contributed by atoms with van der Waals surface area (Å²) >= 11 is 0. The van der Waals surface area contributed by atoms with E-state index >= 15 is 0 Å². The lowest BCUT2D eigenvalue weighted by Crippen LogP contribution is -1.98. The fourth-order valence-corrected chi connectivity index (χ4v) is 1.27. The molecule has 4 N–H and O–H groups in total. The van der Waals surface area contributed by atoms with Gasteiger partial charge in [-0.1, -0.05) is 0 Å². The second-order valence-corrected chi connectivity index (χ2v) is 3.04. The molecule has 0 aliphatic carbocycles. The van der Waals surface area contributed by atoms with Crippen LogP contribution in [0.3, 0.4) is 0 Å². The third kappa shape index (κ3) is 1.85. The molecular weight excluding hydrogens is 195 g/mol. The first-order valence-corrected chi connectivity index (χ1v) is 4.31. The van der Waals surface area contributed by atoms with Crippen LogP contribution < -0.4 is 11.5 Å². The van der Waals surface area contributed by atoms with Crippen LogP contribution in [0, 0.1) is 5.95 Å². The number of aromatic nitrogens is 2. The smallest absolute Gasteiger partial charge is 0.212 e. The van der Waals surface area contributed by atoms with Crippen molar-refractivity contribution in [3.8, 4) is 11.1 Å². The lowest BCUT2D eigenvalue weighted by molar-refractivity contribution is 0.584. The Labute approximate surface area is 85.8 Å². The first-order valence-electron chi connectivity index (χ1n) is 4.31. The molecule has 4 nitrogen and oxygen atoms in total. The van der Waals surface area contributed by atoms with E-state index in [4.69, 9.17) is 11.5 Å². The Morgan fingerprint density at radius 1 is 1.07 bits per heavy atom. The topological polar surface area (TPSA) is 77.8 Å². The van der Waals surface area contributed by atoms with Crippen molar-refractivity contribution in [3.63, 3.8) is 0 Å². The molecular formula is C10H9FN4. The minimum absolute atomic E-state index is 0.309. The molecule has 0 spiro atoms. The molecule has 15 heavy (non-hydrogen) atoms. The number of hydrogen-bond acceptors (Lipinski definition) is 4. The van der Waals surface area contributed by atoms with Crippen molar-refractivity contribution in [1.29, 1.82) is 0 Å². The molecule has 2 aromatic rings. The maximum Gasteiger partial charge on any atom is 0.212 e. The van der Waals surface area contributed by atoms with Crippen molar-refractivity contribution in [2.75, 3.05) is 11.5 Å². The monoisotopic (exact) mass is 204 g/mol. The molecule has 0 saturated heterocycles. The van der Waals surface area contributed by atoms with Gasteiger partial charge < -0.3 is 11.5 Å². The first kappa shape index (κ1) is 9.39. The molecule has 2 heterocycles. The summed E-state index contributed by atoms with van der Waals surface area (Å²) in [5.41, 5.74) is 12.5. The van der Waals surface area contributed by atoms with E-state index in [0.717, 1.165) is 0 Å². The van der Waals surface area contributed by atoms with Crippen LogP contribution in [0.1, 0.15) is 0 Å². The highest BCUT2D eigenvalue weighted by atomic mass is 19.1. The van der Waals surface area contributed by atoms with Gasteiger partial charge >= 0.3 is 0 Å². The van der Waals surface area contributed by atoms with Gasteiger partial charge in [-0.15, -0.1) is 0 Å². The summed E-state index contributed by atoms with van der Waals surface area (Å²) in [6, 6.07) is 6.22. The second-order valence-electron chi connectivity index (χ2n) is 3.04. The summed E-state index contributed by atoms with van der Waals surface area (Å²) in [5.74, 6) is 0.135. The van der Waals surface area contributed by atoms with Crippen molar-refractivity contribution in [2.45, 2.75) is 0 Å². The van der Waals surface area contributed by atoms with E-state index in [1.54, 1.807) is 18.2 Å². The number of rotatable bonds is 1. The predicted octanol–water partition coefficient (Wildman–Crippen LogP) is 1.45. The largest absolute Gasteiger partial charge is 0.384 e. The molecule has 0 bridgehead atoms. The fraction of sp³-hybridized carbons (Fsp3) is 0. The summed E-state index contributed by atoms with van der Waals surface area (Å²) < 4.78 is 12.6. The van der Waals surface area contributed by atoms with Gasteiger partial charge in [-0.2, -0.15) is 4.39 Å². The van der Waals surface area contributed by atoms with Gasteiger partial charge in [0.05, 0.1) is 0 Å². The fourth-order valence-electron chi connectivity index (χ4n) is 1.27. The molecule has 76 valence electrons. The number of nitrogens with two attached hydrogens (primary N) is 2. The molecule has 0 amide bonds. The Morgan fingerprint density at radius 3 is 2.47 bits per heavy atom. The van der Waals surface area contributed by atoms with Crippen LogP contribution in [0.15, 0.2) is 30.5 Å². The molecule has 0 fully saturated rings. The second kappa shape index (κ2) is 3.53. The summed E-state index contributed by atoms with van der Waals surface area (Å²) in [6.07, 6.45) is 1.40. The normalized spacial score (nSPS) is 10.2. The lowest BCUT2D eigenvalue weighted by Gasteiger charge is -2.04. The van der Waals surface area contributed by atoms with Gasteiger partial charge in [0.2, 0.25) is 5.95 Å². The Kier molecular flexibility index (Phi) is 2.21. The van der Waals surface area contributed by atoms with E-state index in [0.29, 0.717) is 22.8 Å². The zero-order valence-electron chi connectivity index (χ0n) is 7.81. The van der Waals surface area contributed by atoms with E-state index in [1.165, 1.54) is 12.3 Å². The zero-order chi connectivity index (χ0) is 10.8. The lowest BCUT2D eigenvalue weighted by atomic mass is 10.1.